The van der Waals surface area contributed by atoms with Crippen LogP contribution in [-0.4, -0.2) is 15.0 Å². The number of nitrogens with one attached hydrogen (secondary N) is 1. The fourth-order valence-corrected chi connectivity index (χ4v) is 2.72. The molecule has 1 aliphatic carbocycles. The zero-order valence-corrected chi connectivity index (χ0v) is 12.7. The van der Waals surface area contributed by atoms with Crippen molar-refractivity contribution in [2.75, 3.05) is 0 Å². The van der Waals surface area contributed by atoms with Gasteiger partial charge in [-0.25, -0.2) is 9.18 Å². The van der Waals surface area contributed by atoms with Crippen molar-refractivity contribution in [2.24, 2.45) is 5.92 Å². The summed E-state index contributed by atoms with van der Waals surface area (Å²) in [5.41, 5.74) is -0.282. The van der Waals surface area contributed by atoms with Gasteiger partial charge in [0.2, 0.25) is 0 Å². The standard InChI is InChI=1S/C15H9ClF3N3O2/c16-11-8(17)3-7(13-12(11)22-14(23)24-13)9-4-21-10(5-20-9)15(18,19)6-1-2-6/h3-6H,1-2H2,(H,22,23). The van der Waals surface area contributed by atoms with Gasteiger partial charge in [0.1, 0.15) is 22.1 Å². The van der Waals surface area contributed by atoms with E-state index in [1.807, 2.05) is 0 Å². The minimum atomic E-state index is -3.03. The Labute approximate surface area is 137 Å². The highest BCUT2D eigenvalue weighted by Crippen LogP contribution is 2.49. The molecule has 1 aliphatic rings. The number of hydrogen-bond acceptors (Lipinski definition) is 4. The quantitative estimate of drug-likeness (QED) is 0.774. The first-order valence-electron chi connectivity index (χ1n) is 7.09. The van der Waals surface area contributed by atoms with Crippen LogP contribution in [0.25, 0.3) is 22.4 Å². The highest BCUT2D eigenvalue weighted by atomic mass is 35.5. The number of alkyl halides is 2. The predicted molar refractivity (Wildman–Crippen MR) is 79.4 cm³/mol. The number of halogens is 4. The van der Waals surface area contributed by atoms with E-state index in [0.717, 1.165) is 18.5 Å². The number of aromatic amines is 1. The van der Waals surface area contributed by atoms with E-state index in [4.69, 9.17) is 16.0 Å². The number of oxazole rings is 1. The SMILES string of the molecule is O=c1[nH]c2c(Cl)c(F)cc(-c3cnc(C(F)(F)C4CC4)cn3)c2o1. The Morgan fingerprint density at radius 3 is 2.67 bits per heavy atom. The highest BCUT2D eigenvalue weighted by molar-refractivity contribution is 6.35. The first kappa shape index (κ1) is 15.2. The molecule has 0 amide bonds. The van der Waals surface area contributed by atoms with Crippen LogP contribution in [-0.2, 0) is 5.92 Å². The minimum Gasteiger partial charge on any atom is -0.407 e. The first-order chi connectivity index (χ1) is 11.4. The average molecular weight is 356 g/mol. The second-order valence-electron chi connectivity index (χ2n) is 5.62. The molecule has 9 heteroatoms. The Morgan fingerprint density at radius 2 is 2.04 bits per heavy atom. The lowest BCUT2D eigenvalue weighted by Crippen LogP contribution is -2.18. The number of nitrogens with zero attached hydrogens (tertiary/aromatic N) is 2. The van der Waals surface area contributed by atoms with Gasteiger partial charge < -0.3 is 4.42 Å². The monoisotopic (exact) mass is 355 g/mol. The lowest BCUT2D eigenvalue weighted by molar-refractivity contribution is -0.0331. The zero-order chi connectivity index (χ0) is 17.1. The molecule has 2 aromatic heterocycles. The molecule has 0 spiro atoms. The number of rotatable bonds is 3. The molecule has 0 bridgehead atoms. The molecular formula is C15H9ClF3N3O2. The summed E-state index contributed by atoms with van der Waals surface area (Å²) >= 11 is 5.79. The van der Waals surface area contributed by atoms with E-state index >= 15 is 0 Å². The Bertz CT molecular complexity index is 994. The summed E-state index contributed by atoms with van der Waals surface area (Å²) in [4.78, 5) is 21.3. The van der Waals surface area contributed by atoms with Gasteiger partial charge in [-0.3, -0.25) is 15.0 Å². The molecule has 24 heavy (non-hydrogen) atoms. The van der Waals surface area contributed by atoms with Gasteiger partial charge >= 0.3 is 5.76 Å². The predicted octanol–water partition coefficient (Wildman–Crippen LogP) is 3.87. The summed E-state index contributed by atoms with van der Waals surface area (Å²) in [6.45, 7) is 0. The molecule has 1 saturated carbocycles. The topological polar surface area (TPSA) is 71.8 Å². The molecule has 0 aliphatic heterocycles. The van der Waals surface area contributed by atoms with Gasteiger partial charge in [0.15, 0.2) is 5.58 Å². The van der Waals surface area contributed by atoms with Gasteiger partial charge in [-0.2, -0.15) is 8.78 Å². The van der Waals surface area contributed by atoms with E-state index < -0.39 is 29.1 Å². The van der Waals surface area contributed by atoms with Crippen LogP contribution in [0.5, 0.6) is 0 Å². The number of H-pyrrole nitrogens is 1. The summed E-state index contributed by atoms with van der Waals surface area (Å²) in [5, 5.41) is -0.301. The van der Waals surface area contributed by atoms with Gasteiger partial charge in [-0.05, 0) is 18.9 Å². The molecule has 124 valence electrons. The molecule has 1 N–H and O–H groups in total. The van der Waals surface area contributed by atoms with E-state index in [1.54, 1.807) is 0 Å². The van der Waals surface area contributed by atoms with Crippen molar-refractivity contribution >= 4 is 22.7 Å². The number of hydrogen-bond donors (Lipinski definition) is 1. The molecule has 5 nitrogen and oxygen atoms in total. The fraction of sp³-hybridized carbons (Fsp3) is 0.267. The third kappa shape index (κ3) is 2.29. The third-order valence-electron chi connectivity index (χ3n) is 3.95. The zero-order valence-electron chi connectivity index (χ0n) is 11.9. The maximum Gasteiger partial charge on any atom is 0.417 e. The summed E-state index contributed by atoms with van der Waals surface area (Å²) < 4.78 is 46.9. The highest BCUT2D eigenvalue weighted by Gasteiger charge is 2.49. The molecule has 1 fully saturated rings. The molecular weight excluding hydrogens is 347 g/mol. The van der Waals surface area contributed by atoms with Crippen molar-refractivity contribution in [3.8, 4) is 11.3 Å². The minimum absolute atomic E-state index is 0.0117. The Balaban J connectivity index is 1.83. The van der Waals surface area contributed by atoms with E-state index in [0.29, 0.717) is 12.8 Å². The Kier molecular flexibility index (Phi) is 3.21. The average Bonchev–Trinajstić information content (AvgIpc) is 3.34. The molecule has 0 saturated heterocycles. The lowest BCUT2D eigenvalue weighted by atomic mass is 10.1. The van der Waals surface area contributed by atoms with Gasteiger partial charge in [0, 0.05) is 11.5 Å². The number of fused-ring (bicyclic) bond motifs is 1. The first-order valence-corrected chi connectivity index (χ1v) is 7.47. The molecule has 3 aromatic rings. The van der Waals surface area contributed by atoms with Crippen LogP contribution < -0.4 is 5.76 Å². The number of aromatic nitrogens is 3. The third-order valence-corrected chi connectivity index (χ3v) is 4.32. The van der Waals surface area contributed by atoms with Crippen LogP contribution in [0.2, 0.25) is 5.02 Å². The van der Waals surface area contributed by atoms with Crippen LogP contribution in [0.3, 0.4) is 0 Å². The summed E-state index contributed by atoms with van der Waals surface area (Å²) in [6, 6.07) is 1.02. The molecule has 0 radical (unpaired) electrons. The second-order valence-corrected chi connectivity index (χ2v) is 6.00. The van der Waals surface area contributed by atoms with E-state index in [1.165, 1.54) is 0 Å². The van der Waals surface area contributed by atoms with Crippen LogP contribution in [0.4, 0.5) is 13.2 Å². The normalized spacial score (nSPS) is 15.2. The van der Waals surface area contributed by atoms with E-state index in [-0.39, 0.29) is 27.4 Å². The van der Waals surface area contributed by atoms with Crippen LogP contribution in [0, 0.1) is 11.7 Å². The van der Waals surface area contributed by atoms with Crippen LogP contribution in [0.1, 0.15) is 18.5 Å². The van der Waals surface area contributed by atoms with Crippen LogP contribution >= 0.6 is 11.6 Å². The fourth-order valence-electron chi connectivity index (χ4n) is 2.53. The van der Waals surface area contributed by atoms with E-state index in [2.05, 4.69) is 15.0 Å². The van der Waals surface area contributed by atoms with Crippen molar-refractivity contribution in [3.63, 3.8) is 0 Å². The van der Waals surface area contributed by atoms with Crippen molar-refractivity contribution in [2.45, 2.75) is 18.8 Å². The molecule has 0 unspecified atom stereocenters. The second kappa shape index (κ2) is 5.07. The maximum absolute atomic E-state index is 14.0. The number of benzene rings is 1. The van der Waals surface area contributed by atoms with E-state index in [9.17, 15) is 18.0 Å². The smallest absolute Gasteiger partial charge is 0.407 e. The largest absolute Gasteiger partial charge is 0.417 e. The molecule has 2 heterocycles. The summed E-state index contributed by atoms with van der Waals surface area (Å²) in [7, 11) is 0. The van der Waals surface area contributed by atoms with Crippen molar-refractivity contribution in [3.05, 3.63) is 45.5 Å². The van der Waals surface area contributed by atoms with Crippen molar-refractivity contribution < 1.29 is 17.6 Å². The molecule has 4 rings (SSSR count). The molecule has 0 atom stereocenters. The van der Waals surface area contributed by atoms with Gasteiger partial charge in [-0.1, -0.05) is 11.6 Å². The molecule has 1 aromatic carbocycles. The summed E-state index contributed by atoms with van der Waals surface area (Å²) in [5.74, 6) is -5.36. The van der Waals surface area contributed by atoms with Gasteiger partial charge in [-0.15, -0.1) is 0 Å². The Morgan fingerprint density at radius 1 is 1.29 bits per heavy atom. The Hall–Kier alpha value is -2.35. The lowest BCUT2D eigenvalue weighted by Gasteiger charge is -2.14. The summed E-state index contributed by atoms with van der Waals surface area (Å²) in [6.07, 6.45) is 2.96. The van der Waals surface area contributed by atoms with Gasteiger partial charge in [0.25, 0.3) is 5.92 Å². The van der Waals surface area contributed by atoms with Crippen LogP contribution in [0.15, 0.2) is 27.7 Å². The van der Waals surface area contributed by atoms with Crippen molar-refractivity contribution in [1.82, 2.24) is 15.0 Å². The van der Waals surface area contributed by atoms with Crippen molar-refractivity contribution in [1.29, 1.82) is 0 Å². The van der Waals surface area contributed by atoms with Gasteiger partial charge in [0.05, 0.1) is 18.1 Å². The maximum atomic E-state index is 14.0.